The molecule has 0 aromatic heterocycles. The summed E-state index contributed by atoms with van der Waals surface area (Å²) in [6, 6.07) is 15.6. The van der Waals surface area contributed by atoms with Crippen molar-refractivity contribution >= 4 is 11.9 Å². The molecule has 0 aliphatic carbocycles. The van der Waals surface area contributed by atoms with E-state index in [4.69, 9.17) is 18.9 Å². The first-order valence-electron chi connectivity index (χ1n) is 15.0. The Balaban J connectivity index is 1.16. The van der Waals surface area contributed by atoms with Gasteiger partial charge in [-0.25, -0.2) is 0 Å². The molecule has 2 aromatic rings. The lowest BCUT2D eigenvalue weighted by Crippen LogP contribution is -2.46. The highest BCUT2D eigenvalue weighted by molar-refractivity contribution is 5.75. The molecule has 2 saturated heterocycles. The van der Waals surface area contributed by atoms with Gasteiger partial charge in [-0.15, -0.1) is 0 Å². The third kappa shape index (κ3) is 8.04. The van der Waals surface area contributed by atoms with Crippen LogP contribution < -0.4 is 20.1 Å². The van der Waals surface area contributed by atoms with Gasteiger partial charge in [-0.05, 0) is 104 Å². The van der Waals surface area contributed by atoms with Crippen LogP contribution in [0, 0.1) is 11.8 Å². The highest BCUT2D eigenvalue weighted by atomic mass is 16.6. The van der Waals surface area contributed by atoms with E-state index in [0.717, 1.165) is 24.0 Å². The highest BCUT2D eigenvalue weighted by Crippen LogP contribution is 2.37. The summed E-state index contributed by atoms with van der Waals surface area (Å²) in [7, 11) is 0. The number of benzene rings is 2. The maximum Gasteiger partial charge on any atom is 0.310 e. The first-order chi connectivity index (χ1) is 19.6. The number of hydrogen-bond acceptors (Lipinski definition) is 8. The molecule has 0 amide bonds. The van der Waals surface area contributed by atoms with E-state index in [1.54, 1.807) is 0 Å². The van der Waals surface area contributed by atoms with E-state index in [1.165, 1.54) is 0 Å². The molecule has 2 aromatic carbocycles. The van der Waals surface area contributed by atoms with E-state index in [9.17, 15) is 9.59 Å². The van der Waals surface area contributed by atoms with Crippen LogP contribution in [0.4, 0.5) is 0 Å². The molecule has 0 spiro atoms. The summed E-state index contributed by atoms with van der Waals surface area (Å²) in [5.41, 5.74) is 1.33. The Morgan fingerprint density at radius 1 is 0.595 bits per heavy atom. The molecule has 0 radical (unpaired) electrons. The Bertz CT molecular complexity index is 1140. The van der Waals surface area contributed by atoms with E-state index in [0.29, 0.717) is 24.7 Å². The second-order valence-electron chi connectivity index (χ2n) is 14.1. The van der Waals surface area contributed by atoms with Crippen LogP contribution in [0.1, 0.15) is 68.2 Å². The maximum atomic E-state index is 12.6. The van der Waals surface area contributed by atoms with Gasteiger partial charge in [0.05, 0.1) is 11.8 Å². The summed E-state index contributed by atoms with van der Waals surface area (Å²) in [6.07, 6.45) is 1.50. The van der Waals surface area contributed by atoms with E-state index < -0.39 is 0 Å². The number of nitrogens with one attached hydrogen (secondary N) is 2. The van der Waals surface area contributed by atoms with Gasteiger partial charge in [0, 0.05) is 22.2 Å². The Kier molecular flexibility index (Phi) is 9.28. The fraction of sp³-hybridized carbons (Fsp3) is 0.588. The van der Waals surface area contributed by atoms with Crippen LogP contribution in [0.25, 0.3) is 11.1 Å². The zero-order chi connectivity index (χ0) is 30.8. The van der Waals surface area contributed by atoms with Crippen LogP contribution in [0.5, 0.6) is 11.5 Å². The van der Waals surface area contributed by atoms with Crippen molar-refractivity contribution in [3.05, 3.63) is 48.5 Å². The number of ether oxygens (including phenoxy) is 4. The van der Waals surface area contributed by atoms with Gasteiger partial charge in [0.15, 0.2) is 0 Å². The van der Waals surface area contributed by atoms with Crippen molar-refractivity contribution in [1.82, 2.24) is 10.6 Å². The van der Waals surface area contributed by atoms with E-state index in [1.807, 2.05) is 76.2 Å². The lowest BCUT2D eigenvalue weighted by Gasteiger charge is -2.27. The second kappa shape index (κ2) is 12.3. The normalized spacial score (nSPS) is 23.2. The molecule has 4 rings (SSSR count). The monoisotopic (exact) mass is 580 g/mol. The lowest BCUT2D eigenvalue weighted by atomic mass is 9.87. The van der Waals surface area contributed by atoms with Gasteiger partial charge in [-0.3, -0.25) is 9.59 Å². The minimum absolute atomic E-state index is 0.0856. The molecule has 42 heavy (non-hydrogen) atoms. The van der Waals surface area contributed by atoms with Crippen LogP contribution in [0.2, 0.25) is 0 Å². The van der Waals surface area contributed by atoms with E-state index in [2.05, 4.69) is 38.3 Å². The second-order valence-corrected chi connectivity index (χ2v) is 14.1. The molecule has 2 fully saturated rings. The molecule has 230 valence electrons. The number of esters is 2. The zero-order valence-corrected chi connectivity index (χ0v) is 26.5. The van der Waals surface area contributed by atoms with Crippen molar-refractivity contribution in [3.63, 3.8) is 0 Å². The number of hydrogen-bond donors (Lipinski definition) is 2. The van der Waals surface area contributed by atoms with Crippen LogP contribution in [0.3, 0.4) is 0 Å². The van der Waals surface area contributed by atoms with Crippen LogP contribution >= 0.6 is 0 Å². The first-order valence-corrected chi connectivity index (χ1v) is 15.0. The summed E-state index contributed by atoms with van der Waals surface area (Å²) in [4.78, 5) is 25.3. The van der Waals surface area contributed by atoms with Gasteiger partial charge in [0.25, 0.3) is 0 Å². The zero-order valence-electron chi connectivity index (χ0n) is 26.5. The molecule has 8 nitrogen and oxygen atoms in total. The Morgan fingerprint density at radius 3 is 1.21 bits per heavy atom. The van der Waals surface area contributed by atoms with Crippen molar-refractivity contribution in [1.29, 1.82) is 0 Å². The molecule has 2 aliphatic heterocycles. The average Bonchev–Trinajstić information content (AvgIpc) is 3.28. The lowest BCUT2D eigenvalue weighted by molar-refractivity contribution is -0.151. The molecular weight excluding hydrogens is 532 g/mol. The molecule has 2 aliphatic rings. The molecule has 2 heterocycles. The number of rotatable bonds is 11. The molecule has 2 atom stereocenters. The SMILES string of the molecule is CC1(C)CC(C(=O)OCCOc2ccc(-c3ccc(OCCOC(=O)C4CC(C)(C)NC4(C)C)cc3)cc2)C(C)(C)N1. The predicted octanol–water partition coefficient (Wildman–Crippen LogP) is 5.53. The largest absolute Gasteiger partial charge is 0.490 e. The minimum atomic E-state index is -0.293. The van der Waals surface area contributed by atoms with E-state index >= 15 is 0 Å². The molecule has 8 heteroatoms. The standard InChI is InChI=1S/C34H48N2O6/c1-31(2)21-27(33(5,6)35-31)29(37)41-19-17-39-25-13-9-23(10-14-25)24-11-15-26(16-12-24)40-18-20-42-30(38)28-22-32(3,4)36-34(28,7)8/h9-16,27-28,35-36H,17-22H2,1-8H3. The van der Waals surface area contributed by atoms with Gasteiger partial charge in [0.1, 0.15) is 37.9 Å². The van der Waals surface area contributed by atoms with Gasteiger partial charge in [-0.2, -0.15) is 0 Å². The van der Waals surface area contributed by atoms with Gasteiger partial charge < -0.3 is 29.6 Å². The molecule has 2 unspecified atom stereocenters. The Labute approximate surface area is 250 Å². The topological polar surface area (TPSA) is 95.1 Å². The average molecular weight is 581 g/mol. The summed E-state index contributed by atoms with van der Waals surface area (Å²) >= 11 is 0. The molecule has 0 saturated carbocycles. The molecule has 0 bridgehead atoms. The van der Waals surface area contributed by atoms with Gasteiger partial charge in [0.2, 0.25) is 0 Å². The Hall–Kier alpha value is -3.10. The third-order valence-electron chi connectivity index (χ3n) is 8.30. The number of carbonyl (C=O) groups excluding carboxylic acids is 2. The summed E-state index contributed by atoms with van der Waals surface area (Å²) in [5.74, 6) is 0.713. The van der Waals surface area contributed by atoms with Crippen LogP contribution in [-0.2, 0) is 19.1 Å². The van der Waals surface area contributed by atoms with Crippen LogP contribution in [0.15, 0.2) is 48.5 Å². The van der Waals surface area contributed by atoms with Crippen molar-refractivity contribution in [2.45, 2.75) is 90.4 Å². The fourth-order valence-corrected chi connectivity index (χ4v) is 6.60. The van der Waals surface area contributed by atoms with Crippen molar-refractivity contribution in [2.75, 3.05) is 26.4 Å². The third-order valence-corrected chi connectivity index (χ3v) is 8.30. The fourth-order valence-electron chi connectivity index (χ4n) is 6.60. The van der Waals surface area contributed by atoms with Gasteiger partial charge in [-0.1, -0.05) is 24.3 Å². The van der Waals surface area contributed by atoms with Crippen LogP contribution in [-0.4, -0.2) is 60.5 Å². The van der Waals surface area contributed by atoms with Crippen molar-refractivity contribution in [3.8, 4) is 22.6 Å². The van der Waals surface area contributed by atoms with Crippen molar-refractivity contribution < 1.29 is 28.5 Å². The molecular formula is C34H48N2O6. The quantitative estimate of drug-likeness (QED) is 0.265. The highest BCUT2D eigenvalue weighted by Gasteiger charge is 2.49. The van der Waals surface area contributed by atoms with Crippen molar-refractivity contribution in [2.24, 2.45) is 11.8 Å². The summed E-state index contributed by atoms with van der Waals surface area (Å²) in [5, 5.41) is 7.02. The Morgan fingerprint density at radius 2 is 0.929 bits per heavy atom. The minimum Gasteiger partial charge on any atom is -0.490 e. The maximum absolute atomic E-state index is 12.6. The number of carbonyl (C=O) groups is 2. The smallest absolute Gasteiger partial charge is 0.310 e. The van der Waals surface area contributed by atoms with E-state index in [-0.39, 0.29) is 59.1 Å². The first kappa shape index (κ1) is 31.8. The molecule has 2 N–H and O–H groups in total. The predicted molar refractivity (Wildman–Crippen MR) is 164 cm³/mol. The summed E-state index contributed by atoms with van der Waals surface area (Å²) in [6.45, 7) is 17.6. The summed E-state index contributed by atoms with van der Waals surface area (Å²) < 4.78 is 22.6. The van der Waals surface area contributed by atoms with Gasteiger partial charge >= 0.3 is 11.9 Å².